The Labute approximate surface area is 167 Å². The molecule has 2 N–H and O–H groups in total. The van der Waals surface area contributed by atoms with Gasteiger partial charge in [-0.2, -0.15) is 0 Å². The van der Waals surface area contributed by atoms with Gasteiger partial charge in [0.25, 0.3) is 0 Å². The lowest BCUT2D eigenvalue weighted by atomic mass is 10.1. The monoisotopic (exact) mass is 392 g/mol. The molecule has 0 saturated carbocycles. The molecule has 0 aliphatic rings. The van der Waals surface area contributed by atoms with Gasteiger partial charge in [-0.05, 0) is 24.8 Å². The lowest BCUT2D eigenvalue weighted by molar-refractivity contribution is -0.145. The highest BCUT2D eigenvalue weighted by Gasteiger charge is 2.20. The van der Waals surface area contributed by atoms with Crippen LogP contribution in [-0.2, 0) is 25.7 Å². The summed E-state index contributed by atoms with van der Waals surface area (Å²) in [5.74, 6) is -0.554. The van der Waals surface area contributed by atoms with E-state index in [1.807, 2.05) is 37.3 Å². The molecule has 28 heavy (non-hydrogen) atoms. The van der Waals surface area contributed by atoms with Gasteiger partial charge in [0.15, 0.2) is 0 Å². The largest absolute Gasteiger partial charge is 0.467 e. The van der Waals surface area contributed by atoms with E-state index in [9.17, 15) is 14.4 Å². The fraction of sp³-hybridized carbons (Fsp3) is 0.571. The molecular weight excluding hydrogens is 360 g/mol. The van der Waals surface area contributed by atoms with Crippen molar-refractivity contribution in [1.82, 2.24) is 10.6 Å². The second-order valence-corrected chi connectivity index (χ2v) is 6.58. The second-order valence-electron chi connectivity index (χ2n) is 6.58. The molecule has 0 radical (unpaired) electrons. The number of alkyl carbamates (subject to hydrolysis) is 1. The first-order chi connectivity index (χ1) is 13.6. The standard InChI is InChI=1S/C21H32N2O5/c1-3-4-13-18(20(25)27-2)23-19(24)14-9-6-10-15-22-21(26)28-16-17-11-7-5-8-12-17/h5,7-8,11-12,18H,3-4,6,9-10,13-16H2,1-2H3,(H,22,26)(H,23,24)/t18-/m0/s1. The molecule has 7 nitrogen and oxygen atoms in total. The maximum atomic E-state index is 12.0. The minimum atomic E-state index is -0.571. The zero-order chi connectivity index (χ0) is 20.6. The van der Waals surface area contributed by atoms with Crippen molar-refractivity contribution in [3.63, 3.8) is 0 Å². The van der Waals surface area contributed by atoms with E-state index in [0.717, 1.165) is 31.2 Å². The van der Waals surface area contributed by atoms with Crippen LogP contribution in [0.1, 0.15) is 57.4 Å². The van der Waals surface area contributed by atoms with Gasteiger partial charge in [0.2, 0.25) is 5.91 Å². The predicted octanol–water partition coefficient (Wildman–Crippen LogP) is 3.32. The van der Waals surface area contributed by atoms with Crippen LogP contribution >= 0.6 is 0 Å². The van der Waals surface area contributed by atoms with Gasteiger partial charge in [-0.25, -0.2) is 9.59 Å². The van der Waals surface area contributed by atoms with Crippen LogP contribution in [0.5, 0.6) is 0 Å². The Bertz CT molecular complexity index is 592. The van der Waals surface area contributed by atoms with E-state index in [1.54, 1.807) is 0 Å². The van der Waals surface area contributed by atoms with Gasteiger partial charge >= 0.3 is 12.1 Å². The molecule has 2 amide bonds. The number of hydrogen-bond acceptors (Lipinski definition) is 5. The third-order valence-corrected chi connectivity index (χ3v) is 4.23. The fourth-order valence-electron chi connectivity index (χ4n) is 2.62. The van der Waals surface area contributed by atoms with Gasteiger partial charge in [-0.3, -0.25) is 4.79 Å². The second kappa shape index (κ2) is 14.5. The average molecular weight is 392 g/mol. The Kier molecular flexibility index (Phi) is 12.1. The number of amides is 2. The summed E-state index contributed by atoms with van der Waals surface area (Å²) in [6, 6.07) is 8.91. The number of ether oxygens (including phenoxy) is 2. The Morgan fingerprint density at radius 1 is 1.04 bits per heavy atom. The smallest absolute Gasteiger partial charge is 0.407 e. The molecule has 1 atom stereocenters. The van der Waals surface area contributed by atoms with E-state index >= 15 is 0 Å². The highest BCUT2D eigenvalue weighted by atomic mass is 16.5. The lowest BCUT2D eigenvalue weighted by Crippen LogP contribution is -2.41. The topological polar surface area (TPSA) is 93.7 Å². The maximum Gasteiger partial charge on any atom is 0.407 e. The molecule has 0 aromatic heterocycles. The first-order valence-electron chi connectivity index (χ1n) is 9.88. The molecule has 0 aliphatic carbocycles. The van der Waals surface area contributed by atoms with E-state index in [4.69, 9.17) is 9.47 Å². The van der Waals surface area contributed by atoms with Gasteiger partial charge < -0.3 is 20.1 Å². The SMILES string of the molecule is CCCC[C@H](NC(=O)CCCCCNC(=O)OCc1ccccc1)C(=O)OC. The van der Waals surface area contributed by atoms with Crippen molar-refractivity contribution in [3.8, 4) is 0 Å². The van der Waals surface area contributed by atoms with Gasteiger partial charge in [0, 0.05) is 13.0 Å². The molecule has 0 spiro atoms. The molecule has 0 aliphatic heterocycles. The molecule has 1 aromatic rings. The van der Waals surface area contributed by atoms with Gasteiger partial charge in [-0.15, -0.1) is 0 Å². The lowest BCUT2D eigenvalue weighted by Gasteiger charge is -2.16. The third kappa shape index (κ3) is 10.5. The number of esters is 1. The van der Waals surface area contributed by atoms with E-state index in [-0.39, 0.29) is 12.5 Å². The number of methoxy groups -OCH3 is 1. The van der Waals surface area contributed by atoms with Crippen LogP contribution in [0.3, 0.4) is 0 Å². The molecule has 156 valence electrons. The van der Waals surface area contributed by atoms with Crippen LogP contribution in [0.15, 0.2) is 30.3 Å². The van der Waals surface area contributed by atoms with Crippen LogP contribution in [0.2, 0.25) is 0 Å². The van der Waals surface area contributed by atoms with Gasteiger partial charge in [0.1, 0.15) is 12.6 Å². The van der Waals surface area contributed by atoms with Gasteiger partial charge in [0.05, 0.1) is 7.11 Å². The van der Waals surface area contributed by atoms with Crippen molar-refractivity contribution < 1.29 is 23.9 Å². The quantitative estimate of drug-likeness (QED) is 0.397. The molecule has 0 unspecified atom stereocenters. The van der Waals surface area contributed by atoms with Crippen molar-refractivity contribution in [2.75, 3.05) is 13.7 Å². The summed E-state index contributed by atoms with van der Waals surface area (Å²) in [6.45, 7) is 2.77. The minimum Gasteiger partial charge on any atom is -0.467 e. The first kappa shape index (κ1) is 23.5. The Hall–Kier alpha value is -2.57. The van der Waals surface area contributed by atoms with Crippen LogP contribution in [0, 0.1) is 0 Å². The molecule has 7 heteroatoms. The predicted molar refractivity (Wildman–Crippen MR) is 107 cm³/mol. The van der Waals surface area contributed by atoms with Crippen molar-refractivity contribution >= 4 is 18.0 Å². The molecular formula is C21H32N2O5. The van der Waals surface area contributed by atoms with E-state index in [2.05, 4.69) is 10.6 Å². The summed E-state index contributed by atoms with van der Waals surface area (Å²) in [5, 5.41) is 5.44. The zero-order valence-electron chi connectivity index (χ0n) is 16.9. The molecule has 0 heterocycles. The third-order valence-electron chi connectivity index (χ3n) is 4.23. The first-order valence-corrected chi connectivity index (χ1v) is 9.88. The molecule has 0 bridgehead atoms. The number of carbonyl (C=O) groups is 3. The van der Waals surface area contributed by atoms with Crippen molar-refractivity contribution in [2.45, 2.75) is 64.5 Å². The number of rotatable bonds is 13. The molecule has 0 saturated heterocycles. The number of hydrogen-bond donors (Lipinski definition) is 2. The number of benzene rings is 1. The highest BCUT2D eigenvalue weighted by Crippen LogP contribution is 2.05. The Morgan fingerprint density at radius 2 is 1.79 bits per heavy atom. The highest BCUT2D eigenvalue weighted by molar-refractivity contribution is 5.84. The Morgan fingerprint density at radius 3 is 2.46 bits per heavy atom. The summed E-state index contributed by atoms with van der Waals surface area (Å²) in [4.78, 5) is 35.3. The van der Waals surface area contributed by atoms with Crippen LogP contribution in [0.4, 0.5) is 4.79 Å². The number of unbranched alkanes of at least 4 members (excludes halogenated alkanes) is 3. The summed E-state index contributed by atoms with van der Waals surface area (Å²) in [6.07, 6.45) is 4.53. The molecule has 1 aromatic carbocycles. The molecule has 1 rings (SSSR count). The summed E-state index contributed by atoms with van der Waals surface area (Å²) in [5.41, 5.74) is 0.938. The maximum absolute atomic E-state index is 12.0. The van der Waals surface area contributed by atoms with Crippen molar-refractivity contribution in [2.24, 2.45) is 0 Å². The van der Waals surface area contributed by atoms with E-state index < -0.39 is 18.1 Å². The van der Waals surface area contributed by atoms with Crippen molar-refractivity contribution in [1.29, 1.82) is 0 Å². The van der Waals surface area contributed by atoms with Gasteiger partial charge in [-0.1, -0.05) is 56.5 Å². The van der Waals surface area contributed by atoms with Crippen LogP contribution in [0.25, 0.3) is 0 Å². The van der Waals surface area contributed by atoms with Crippen molar-refractivity contribution in [3.05, 3.63) is 35.9 Å². The van der Waals surface area contributed by atoms with E-state index in [1.165, 1.54) is 7.11 Å². The van der Waals surface area contributed by atoms with E-state index in [0.29, 0.717) is 25.8 Å². The normalized spacial score (nSPS) is 11.4. The fourth-order valence-corrected chi connectivity index (χ4v) is 2.62. The van der Waals surface area contributed by atoms with Crippen LogP contribution < -0.4 is 10.6 Å². The zero-order valence-corrected chi connectivity index (χ0v) is 16.9. The summed E-state index contributed by atoms with van der Waals surface area (Å²) >= 11 is 0. The minimum absolute atomic E-state index is 0.151. The molecule has 0 fully saturated rings. The van der Waals surface area contributed by atoms with Crippen LogP contribution in [-0.4, -0.2) is 37.7 Å². The Balaban J connectivity index is 2.09. The number of carbonyl (C=O) groups excluding carboxylic acids is 3. The number of nitrogens with one attached hydrogen (secondary N) is 2. The summed E-state index contributed by atoms with van der Waals surface area (Å²) < 4.78 is 9.86. The summed E-state index contributed by atoms with van der Waals surface area (Å²) in [7, 11) is 1.32. The average Bonchev–Trinajstić information content (AvgIpc) is 2.72.